The molecule has 0 aromatic heterocycles. The van der Waals surface area contributed by atoms with Crippen molar-refractivity contribution in [2.24, 2.45) is 4.99 Å². The van der Waals surface area contributed by atoms with Crippen LogP contribution < -0.4 is 5.32 Å². The van der Waals surface area contributed by atoms with Crippen LogP contribution in [0.4, 0.5) is 0 Å². The van der Waals surface area contributed by atoms with Crippen molar-refractivity contribution in [1.82, 2.24) is 5.32 Å². The molecule has 1 aromatic rings. The number of nitrogens with zero attached hydrogens (tertiary/aromatic N) is 1. The molecule has 1 aliphatic heterocycles. The fraction of sp³-hybridized carbons (Fsp3) is 0.438. The van der Waals surface area contributed by atoms with E-state index in [1.807, 2.05) is 24.3 Å². The van der Waals surface area contributed by atoms with Crippen LogP contribution in [0.15, 0.2) is 35.3 Å². The van der Waals surface area contributed by atoms with Gasteiger partial charge in [0.25, 0.3) is 0 Å². The Bertz CT molecular complexity index is 507. The van der Waals surface area contributed by atoms with Crippen molar-refractivity contribution in [3.8, 4) is 0 Å². The second-order valence-electron chi connectivity index (χ2n) is 6.06. The summed E-state index contributed by atoms with van der Waals surface area (Å²) >= 11 is 5.95. The monoisotopic (exact) mass is 276 g/mol. The number of nitrogens with one attached hydrogen (secondary N) is 1. The summed E-state index contributed by atoms with van der Waals surface area (Å²) in [4.78, 5) is 4.75. The molecule has 0 radical (unpaired) electrons. The summed E-state index contributed by atoms with van der Waals surface area (Å²) in [7, 11) is 0. The Hall–Kier alpha value is -1.28. The van der Waals surface area contributed by atoms with Crippen molar-refractivity contribution in [1.29, 1.82) is 0 Å². The van der Waals surface area contributed by atoms with Crippen molar-refractivity contribution >= 4 is 23.0 Å². The first-order valence-electron chi connectivity index (χ1n) is 6.67. The standard InChI is InChI=1S/C16H21ClN2/c1-11-5-10-14(12-6-8-13(17)9-7-12)15(18-11)19-16(2,3)4/h6-11H,5H2,1-4H3,(H,18,19). The third kappa shape index (κ3) is 3.84. The molecular formula is C16H21ClN2. The molecule has 0 bridgehead atoms. The van der Waals surface area contributed by atoms with E-state index in [9.17, 15) is 0 Å². The number of hydrogen-bond acceptors (Lipinski definition) is 2. The first-order valence-corrected chi connectivity index (χ1v) is 7.05. The average Bonchev–Trinajstić information content (AvgIpc) is 2.29. The van der Waals surface area contributed by atoms with Crippen LogP contribution in [0, 0.1) is 0 Å². The van der Waals surface area contributed by atoms with Gasteiger partial charge < -0.3 is 5.32 Å². The van der Waals surface area contributed by atoms with Gasteiger partial charge in [0.1, 0.15) is 5.84 Å². The van der Waals surface area contributed by atoms with E-state index in [-0.39, 0.29) is 5.54 Å². The van der Waals surface area contributed by atoms with Gasteiger partial charge in [0, 0.05) is 16.1 Å². The molecule has 1 atom stereocenters. The van der Waals surface area contributed by atoms with Gasteiger partial charge in [-0.05, 0) is 51.8 Å². The molecular weight excluding hydrogens is 256 g/mol. The molecule has 0 amide bonds. The Labute approximate surface area is 120 Å². The quantitative estimate of drug-likeness (QED) is 0.812. The van der Waals surface area contributed by atoms with Crippen molar-refractivity contribution < 1.29 is 0 Å². The van der Waals surface area contributed by atoms with Gasteiger partial charge >= 0.3 is 0 Å². The fourth-order valence-corrected chi connectivity index (χ4v) is 2.19. The number of halogens is 1. The molecule has 2 rings (SSSR count). The second kappa shape index (κ2) is 5.38. The Morgan fingerprint density at radius 1 is 1.21 bits per heavy atom. The summed E-state index contributed by atoms with van der Waals surface area (Å²) in [6, 6.07) is 8.27. The molecule has 1 unspecified atom stereocenters. The molecule has 1 N–H and O–H groups in total. The highest BCUT2D eigenvalue weighted by Crippen LogP contribution is 2.24. The second-order valence-corrected chi connectivity index (χ2v) is 6.50. The maximum Gasteiger partial charge on any atom is 0.129 e. The van der Waals surface area contributed by atoms with E-state index >= 15 is 0 Å². The molecule has 19 heavy (non-hydrogen) atoms. The molecule has 0 saturated carbocycles. The number of dihydropyridines is 1. The van der Waals surface area contributed by atoms with Crippen molar-refractivity contribution in [2.75, 3.05) is 0 Å². The zero-order chi connectivity index (χ0) is 14.0. The molecule has 1 aliphatic rings. The van der Waals surface area contributed by atoms with Gasteiger partial charge in [0.15, 0.2) is 0 Å². The van der Waals surface area contributed by atoms with Crippen LogP contribution in [-0.2, 0) is 0 Å². The fourth-order valence-electron chi connectivity index (χ4n) is 2.07. The largest absolute Gasteiger partial charge is 0.365 e. The van der Waals surface area contributed by atoms with Gasteiger partial charge in [-0.15, -0.1) is 0 Å². The summed E-state index contributed by atoms with van der Waals surface area (Å²) in [5.41, 5.74) is 2.33. The molecule has 3 heteroatoms. The van der Waals surface area contributed by atoms with Crippen molar-refractivity contribution in [3.63, 3.8) is 0 Å². The highest BCUT2D eigenvalue weighted by atomic mass is 35.5. The van der Waals surface area contributed by atoms with E-state index in [2.05, 4.69) is 39.1 Å². The summed E-state index contributed by atoms with van der Waals surface area (Å²) in [6.07, 6.45) is 3.24. The topological polar surface area (TPSA) is 24.4 Å². The molecule has 1 aromatic carbocycles. The lowest BCUT2D eigenvalue weighted by Gasteiger charge is -2.28. The molecule has 0 saturated heterocycles. The number of amidine groups is 1. The number of benzene rings is 1. The van der Waals surface area contributed by atoms with Crippen LogP contribution in [0.25, 0.3) is 5.57 Å². The predicted molar refractivity (Wildman–Crippen MR) is 83.8 cm³/mol. The normalized spacial score (nSPS) is 19.7. The number of rotatable bonds is 1. The van der Waals surface area contributed by atoms with Crippen LogP contribution in [-0.4, -0.2) is 17.4 Å². The van der Waals surface area contributed by atoms with Gasteiger partial charge in [0.05, 0.1) is 6.04 Å². The lowest BCUT2D eigenvalue weighted by molar-refractivity contribution is 0.510. The Kier molecular flexibility index (Phi) is 4.00. The lowest BCUT2D eigenvalue weighted by atomic mass is 9.97. The first-order chi connectivity index (χ1) is 8.85. The van der Waals surface area contributed by atoms with E-state index < -0.39 is 0 Å². The van der Waals surface area contributed by atoms with Crippen LogP contribution in [0.1, 0.15) is 39.7 Å². The van der Waals surface area contributed by atoms with E-state index in [1.165, 1.54) is 5.57 Å². The van der Waals surface area contributed by atoms with Crippen molar-refractivity contribution in [2.45, 2.75) is 45.7 Å². The zero-order valence-corrected chi connectivity index (χ0v) is 12.8. The van der Waals surface area contributed by atoms with Crippen molar-refractivity contribution in [3.05, 3.63) is 40.9 Å². The third-order valence-corrected chi connectivity index (χ3v) is 3.17. The van der Waals surface area contributed by atoms with E-state index in [1.54, 1.807) is 0 Å². The first kappa shape index (κ1) is 14.1. The van der Waals surface area contributed by atoms with Crippen LogP contribution >= 0.6 is 11.6 Å². The van der Waals surface area contributed by atoms with Gasteiger partial charge in [-0.25, -0.2) is 0 Å². The SMILES string of the molecule is CC1CC=C(c2ccc(Cl)cc2)C(NC(C)(C)C)=N1. The summed E-state index contributed by atoms with van der Waals surface area (Å²) < 4.78 is 0. The van der Waals surface area contributed by atoms with Gasteiger partial charge in [0.2, 0.25) is 0 Å². The lowest BCUT2D eigenvalue weighted by Crippen LogP contribution is -2.42. The van der Waals surface area contributed by atoms with Crippen LogP contribution in [0.5, 0.6) is 0 Å². The van der Waals surface area contributed by atoms with E-state index in [4.69, 9.17) is 16.6 Å². The minimum atomic E-state index is 0.00140. The molecule has 0 aliphatic carbocycles. The zero-order valence-electron chi connectivity index (χ0n) is 12.0. The number of aliphatic imine (C=N–C) groups is 1. The molecule has 0 spiro atoms. The minimum absolute atomic E-state index is 0.00140. The number of hydrogen-bond donors (Lipinski definition) is 1. The molecule has 102 valence electrons. The van der Waals surface area contributed by atoms with Gasteiger partial charge in [-0.2, -0.15) is 0 Å². The molecule has 2 nitrogen and oxygen atoms in total. The minimum Gasteiger partial charge on any atom is -0.365 e. The highest BCUT2D eigenvalue weighted by Gasteiger charge is 2.20. The molecule has 0 fully saturated rings. The maximum atomic E-state index is 5.95. The third-order valence-electron chi connectivity index (χ3n) is 2.92. The predicted octanol–water partition coefficient (Wildman–Crippen LogP) is 4.30. The summed E-state index contributed by atoms with van der Waals surface area (Å²) in [6.45, 7) is 8.58. The van der Waals surface area contributed by atoms with Gasteiger partial charge in [-0.3, -0.25) is 4.99 Å². The summed E-state index contributed by atoms with van der Waals surface area (Å²) in [5, 5.41) is 4.26. The van der Waals surface area contributed by atoms with E-state index in [0.29, 0.717) is 6.04 Å². The summed E-state index contributed by atoms with van der Waals surface area (Å²) in [5.74, 6) is 0.980. The van der Waals surface area contributed by atoms with Crippen LogP contribution in [0.2, 0.25) is 5.02 Å². The Morgan fingerprint density at radius 3 is 2.42 bits per heavy atom. The average molecular weight is 277 g/mol. The maximum absolute atomic E-state index is 5.95. The smallest absolute Gasteiger partial charge is 0.129 e. The van der Waals surface area contributed by atoms with E-state index in [0.717, 1.165) is 22.8 Å². The van der Waals surface area contributed by atoms with Gasteiger partial charge in [-0.1, -0.05) is 29.8 Å². The Balaban J connectivity index is 2.32. The Morgan fingerprint density at radius 2 is 1.84 bits per heavy atom. The molecule has 1 heterocycles. The van der Waals surface area contributed by atoms with Crippen LogP contribution in [0.3, 0.4) is 0 Å². The highest BCUT2D eigenvalue weighted by molar-refractivity contribution is 6.30.